The Labute approximate surface area is 106 Å². The van der Waals surface area contributed by atoms with Crippen molar-refractivity contribution in [2.24, 2.45) is 5.41 Å². The molecule has 1 aliphatic rings. The molecule has 1 aliphatic heterocycles. The second kappa shape index (κ2) is 8.52. The summed E-state index contributed by atoms with van der Waals surface area (Å²) in [4.78, 5) is 10.3. The molecule has 12 heavy (non-hydrogen) atoms. The molecule has 1 heterocycles. The molecule has 1 unspecified atom stereocenters. The van der Waals surface area contributed by atoms with E-state index in [1.165, 1.54) is 0 Å². The van der Waals surface area contributed by atoms with Crippen LogP contribution in [0.4, 0.5) is 0 Å². The van der Waals surface area contributed by atoms with Crippen molar-refractivity contribution >= 4 is 6.29 Å². The van der Waals surface area contributed by atoms with E-state index in [4.69, 9.17) is 14.9 Å². The molecule has 1 atom stereocenters. The Morgan fingerprint density at radius 1 is 1.58 bits per heavy atom. The molecule has 0 amide bonds. The fourth-order valence-corrected chi connectivity index (χ4v) is 0.878. The van der Waals surface area contributed by atoms with Crippen molar-refractivity contribution in [3.63, 3.8) is 0 Å². The van der Waals surface area contributed by atoms with Crippen LogP contribution in [0, 0.1) is 47.2 Å². The number of rotatable bonds is 2. The molecule has 0 aromatic carbocycles. The van der Waals surface area contributed by atoms with Crippen LogP contribution in [-0.4, -0.2) is 43.4 Å². The third kappa shape index (κ3) is 4.24. The Balaban J connectivity index is 0. The summed E-state index contributed by atoms with van der Waals surface area (Å²) in [7, 11) is 1.00. The minimum absolute atomic E-state index is 0. The molecule has 1 rings (SSSR count). The Morgan fingerprint density at radius 3 is 2.33 bits per heavy atom. The van der Waals surface area contributed by atoms with Gasteiger partial charge in [0.15, 0.2) is 0 Å². The molecule has 1 saturated heterocycles. The monoisotopic (exact) mass is 302 g/mol. The number of hydrogen-bond acceptors (Lipinski definition) is 4. The van der Waals surface area contributed by atoms with Crippen LogP contribution >= 0.6 is 0 Å². The molecule has 0 aromatic heterocycles. The summed E-state index contributed by atoms with van der Waals surface area (Å²) in [6, 6.07) is 0. The van der Waals surface area contributed by atoms with E-state index >= 15 is 0 Å². The Hall–Kier alpha value is 0.927. The zero-order valence-electron chi connectivity index (χ0n) is 7.12. The number of ether oxygens (including phenoxy) is 1. The number of carbonyl (C=O) groups is 1. The maximum atomic E-state index is 10.3. The van der Waals surface area contributed by atoms with Gasteiger partial charge in [-0.25, -0.2) is 0 Å². The molecule has 2 N–H and O–H groups in total. The average Bonchev–Trinajstić information content (AvgIpc) is 2.57. The first-order chi connectivity index (χ1) is 5.33. The van der Waals surface area contributed by atoms with Gasteiger partial charge < -0.3 is 19.7 Å². The van der Waals surface area contributed by atoms with E-state index in [1.54, 1.807) is 0 Å². The smallest absolute Gasteiger partial charge is 0.130 e. The topological polar surface area (TPSA) is 66.8 Å². The Bertz CT molecular complexity index is 112. The predicted octanol–water partition coefficient (Wildman–Crippen LogP) is -0.807. The number of hydrogen-bond donors (Lipinski definition) is 2. The van der Waals surface area contributed by atoms with Crippen LogP contribution in [-0.2, 0) is 9.53 Å². The van der Waals surface area contributed by atoms with Crippen LogP contribution in [0.25, 0.3) is 0 Å². The van der Waals surface area contributed by atoms with Gasteiger partial charge in [-0.05, 0) is 6.42 Å². The third-order valence-electron chi connectivity index (χ3n) is 1.70. The fourth-order valence-electron chi connectivity index (χ4n) is 0.878. The number of aliphatic hydroxyl groups excluding tert-OH is 2. The molecule has 70 valence electrons. The minimum Gasteiger partial charge on any atom is -0.400 e. The van der Waals surface area contributed by atoms with Gasteiger partial charge in [0.2, 0.25) is 0 Å². The van der Waals surface area contributed by atoms with Crippen molar-refractivity contribution in [1.29, 1.82) is 0 Å². The van der Waals surface area contributed by atoms with Gasteiger partial charge in [-0.3, -0.25) is 0 Å². The first kappa shape index (κ1) is 15.4. The van der Waals surface area contributed by atoms with E-state index in [2.05, 4.69) is 0 Å². The van der Waals surface area contributed by atoms with Crippen LogP contribution in [0.3, 0.4) is 0 Å². The van der Waals surface area contributed by atoms with Crippen molar-refractivity contribution in [3.8, 4) is 0 Å². The molecular weight excluding hydrogens is 288 g/mol. The second-order valence-corrected chi connectivity index (χ2v) is 2.44. The largest absolute Gasteiger partial charge is 0.400 e. The number of aldehydes is 1. The molecular formula is C7H14CeO4. The zero-order valence-corrected chi connectivity index (χ0v) is 10.3. The van der Waals surface area contributed by atoms with Gasteiger partial charge in [0.05, 0.1) is 18.6 Å². The summed E-state index contributed by atoms with van der Waals surface area (Å²) >= 11 is 0. The van der Waals surface area contributed by atoms with E-state index in [0.717, 1.165) is 13.4 Å². The van der Waals surface area contributed by atoms with E-state index in [9.17, 15) is 4.79 Å². The molecule has 5 heteroatoms. The van der Waals surface area contributed by atoms with Crippen LogP contribution in [0.15, 0.2) is 0 Å². The van der Waals surface area contributed by atoms with Gasteiger partial charge in [0.1, 0.15) is 6.29 Å². The first-order valence-corrected chi connectivity index (χ1v) is 3.43. The second-order valence-electron chi connectivity index (χ2n) is 2.44. The number of aliphatic hydroxyl groups is 2. The van der Waals surface area contributed by atoms with E-state index in [0.29, 0.717) is 19.6 Å². The molecule has 1 fully saturated rings. The maximum absolute atomic E-state index is 10.3. The molecule has 0 spiro atoms. The fraction of sp³-hybridized carbons (Fsp3) is 0.857. The molecule has 0 radical (unpaired) electrons. The molecule has 4 nitrogen and oxygen atoms in total. The summed E-state index contributed by atoms with van der Waals surface area (Å²) in [5.41, 5.74) is -0.569. The van der Waals surface area contributed by atoms with Crippen molar-refractivity contribution in [3.05, 3.63) is 0 Å². The number of carbonyl (C=O) groups excluding carboxylic acids is 1. The zero-order chi connectivity index (χ0) is 8.74. The standard InChI is InChI=1S/C6H10O3.CH4O.Ce/c7-3-6(4-8)1-2-9-5-6;1-2;/h3,8H,1-2,4-5H2;2H,1H3;. The van der Waals surface area contributed by atoms with E-state index < -0.39 is 5.41 Å². The third-order valence-corrected chi connectivity index (χ3v) is 1.70. The minimum atomic E-state index is -0.569. The summed E-state index contributed by atoms with van der Waals surface area (Å²) < 4.78 is 4.95. The summed E-state index contributed by atoms with van der Waals surface area (Å²) in [5.74, 6) is 0. The Kier molecular flexibility index (Phi) is 10.9. The normalized spacial score (nSPS) is 26.6. The average molecular weight is 302 g/mol. The molecule has 0 bridgehead atoms. The maximum Gasteiger partial charge on any atom is 0.130 e. The van der Waals surface area contributed by atoms with Crippen molar-refractivity contribution in [2.75, 3.05) is 26.9 Å². The molecule has 0 aromatic rings. The SMILES string of the molecule is CO.O=CC1(CO)CCOC1.[Ce]. The summed E-state index contributed by atoms with van der Waals surface area (Å²) in [6.07, 6.45) is 1.45. The van der Waals surface area contributed by atoms with Crippen molar-refractivity contribution < 1.29 is 61.5 Å². The quantitative estimate of drug-likeness (QED) is 0.655. The van der Waals surface area contributed by atoms with Crippen LogP contribution < -0.4 is 0 Å². The summed E-state index contributed by atoms with van der Waals surface area (Å²) in [5, 5.41) is 15.7. The van der Waals surface area contributed by atoms with Crippen molar-refractivity contribution in [2.45, 2.75) is 6.42 Å². The van der Waals surface area contributed by atoms with Gasteiger partial charge in [0, 0.05) is 55.5 Å². The first-order valence-electron chi connectivity index (χ1n) is 3.43. The van der Waals surface area contributed by atoms with Gasteiger partial charge in [-0.15, -0.1) is 0 Å². The summed E-state index contributed by atoms with van der Waals surface area (Å²) in [6.45, 7) is 0.892. The van der Waals surface area contributed by atoms with E-state index in [1.807, 2.05) is 0 Å². The van der Waals surface area contributed by atoms with Gasteiger partial charge in [0.25, 0.3) is 0 Å². The molecule has 0 aliphatic carbocycles. The van der Waals surface area contributed by atoms with Crippen LogP contribution in [0.1, 0.15) is 6.42 Å². The Morgan fingerprint density at radius 2 is 2.17 bits per heavy atom. The van der Waals surface area contributed by atoms with E-state index in [-0.39, 0.29) is 48.4 Å². The predicted molar refractivity (Wildman–Crippen MR) is 39.2 cm³/mol. The van der Waals surface area contributed by atoms with Gasteiger partial charge >= 0.3 is 0 Å². The molecule has 0 saturated carbocycles. The van der Waals surface area contributed by atoms with Crippen LogP contribution in [0.5, 0.6) is 0 Å². The van der Waals surface area contributed by atoms with Gasteiger partial charge in [-0.2, -0.15) is 0 Å². The van der Waals surface area contributed by atoms with Crippen molar-refractivity contribution in [1.82, 2.24) is 0 Å². The van der Waals surface area contributed by atoms with Gasteiger partial charge in [-0.1, -0.05) is 0 Å². The van der Waals surface area contributed by atoms with Crippen LogP contribution in [0.2, 0.25) is 0 Å².